The number of hydrogen-bond donors (Lipinski definition) is 2. The molecule has 21 heavy (non-hydrogen) atoms. The first-order valence-electron chi connectivity index (χ1n) is 6.93. The maximum absolute atomic E-state index is 11.9. The van der Waals surface area contributed by atoms with Crippen LogP contribution in [0.1, 0.15) is 36.0 Å². The minimum Gasteiger partial charge on any atom is -0.496 e. The van der Waals surface area contributed by atoms with Gasteiger partial charge in [-0.3, -0.25) is 4.79 Å². The average molecular weight is 293 g/mol. The van der Waals surface area contributed by atoms with Gasteiger partial charge < -0.3 is 19.9 Å². The Hall–Kier alpha value is -2.08. The molecule has 1 aromatic carbocycles. The van der Waals surface area contributed by atoms with E-state index in [9.17, 15) is 9.59 Å². The van der Waals surface area contributed by atoms with Gasteiger partial charge in [0.1, 0.15) is 11.3 Å². The number of methoxy groups -OCH3 is 1. The van der Waals surface area contributed by atoms with E-state index < -0.39 is 5.97 Å². The minimum atomic E-state index is -1.07. The number of nitrogens with one attached hydrogen (secondary N) is 1. The lowest BCUT2D eigenvalue weighted by atomic mass is 10.1. The average Bonchev–Trinajstić information content (AvgIpc) is 2.98. The van der Waals surface area contributed by atoms with Crippen molar-refractivity contribution in [1.82, 2.24) is 0 Å². The number of benzene rings is 1. The Kier molecular flexibility index (Phi) is 5.16. The summed E-state index contributed by atoms with van der Waals surface area (Å²) in [4.78, 5) is 22.8. The number of rotatable bonds is 6. The number of carbonyl (C=O) groups is 2. The molecule has 0 saturated carbocycles. The van der Waals surface area contributed by atoms with Gasteiger partial charge in [-0.1, -0.05) is 0 Å². The van der Waals surface area contributed by atoms with Crippen LogP contribution in [0, 0.1) is 0 Å². The summed E-state index contributed by atoms with van der Waals surface area (Å²) >= 11 is 0. The molecule has 1 fully saturated rings. The van der Waals surface area contributed by atoms with Gasteiger partial charge in [0, 0.05) is 24.8 Å². The number of hydrogen-bond acceptors (Lipinski definition) is 4. The second-order valence-electron chi connectivity index (χ2n) is 4.94. The highest BCUT2D eigenvalue weighted by molar-refractivity contribution is 5.94. The van der Waals surface area contributed by atoms with Crippen molar-refractivity contribution < 1.29 is 24.2 Å². The Bertz CT molecular complexity index is 523. The normalized spacial score (nSPS) is 17.5. The van der Waals surface area contributed by atoms with E-state index in [4.69, 9.17) is 14.6 Å². The Labute approximate surface area is 123 Å². The molecule has 1 aliphatic heterocycles. The highest BCUT2D eigenvalue weighted by Gasteiger charge is 2.17. The van der Waals surface area contributed by atoms with E-state index in [1.165, 1.54) is 19.2 Å². The van der Waals surface area contributed by atoms with Crippen LogP contribution in [0.3, 0.4) is 0 Å². The van der Waals surface area contributed by atoms with Gasteiger partial charge in [-0.25, -0.2) is 4.79 Å². The molecule has 0 aromatic heterocycles. The topological polar surface area (TPSA) is 84.9 Å². The molecular formula is C15H19NO5. The van der Waals surface area contributed by atoms with Crippen LogP contribution >= 0.6 is 0 Å². The van der Waals surface area contributed by atoms with Crippen molar-refractivity contribution in [3.8, 4) is 5.75 Å². The van der Waals surface area contributed by atoms with E-state index >= 15 is 0 Å². The number of amides is 1. The number of aromatic carboxylic acids is 1. The van der Waals surface area contributed by atoms with Crippen LogP contribution in [0.4, 0.5) is 5.69 Å². The molecule has 2 rings (SSSR count). The highest BCUT2D eigenvalue weighted by atomic mass is 16.5. The first-order chi connectivity index (χ1) is 10.1. The third-order valence-corrected chi connectivity index (χ3v) is 3.43. The number of ether oxygens (including phenoxy) is 2. The molecule has 0 aliphatic carbocycles. The fourth-order valence-electron chi connectivity index (χ4n) is 2.33. The molecule has 1 saturated heterocycles. The molecule has 0 radical (unpaired) electrons. The van der Waals surface area contributed by atoms with Gasteiger partial charge in [-0.15, -0.1) is 0 Å². The van der Waals surface area contributed by atoms with Crippen LogP contribution < -0.4 is 10.1 Å². The maximum Gasteiger partial charge on any atom is 0.339 e. The second kappa shape index (κ2) is 7.08. The zero-order valence-electron chi connectivity index (χ0n) is 11.9. The fraction of sp³-hybridized carbons (Fsp3) is 0.467. The number of anilines is 1. The summed E-state index contributed by atoms with van der Waals surface area (Å²) in [7, 11) is 1.39. The van der Waals surface area contributed by atoms with Gasteiger partial charge in [0.05, 0.1) is 13.2 Å². The summed E-state index contributed by atoms with van der Waals surface area (Å²) in [6.45, 7) is 0.778. The predicted octanol–water partition coefficient (Wildman–Crippen LogP) is 2.29. The molecule has 114 valence electrons. The summed E-state index contributed by atoms with van der Waals surface area (Å²) in [5, 5.41) is 11.7. The lowest BCUT2D eigenvalue weighted by Gasteiger charge is -2.11. The van der Waals surface area contributed by atoms with Crippen molar-refractivity contribution >= 4 is 17.6 Å². The molecule has 1 aromatic rings. The molecule has 1 amide bonds. The van der Waals surface area contributed by atoms with Crippen molar-refractivity contribution in [3.63, 3.8) is 0 Å². The lowest BCUT2D eigenvalue weighted by molar-refractivity contribution is -0.116. The van der Waals surface area contributed by atoms with Crippen molar-refractivity contribution in [1.29, 1.82) is 0 Å². The first-order valence-corrected chi connectivity index (χ1v) is 6.93. The third-order valence-electron chi connectivity index (χ3n) is 3.43. The van der Waals surface area contributed by atoms with Crippen molar-refractivity contribution in [3.05, 3.63) is 23.8 Å². The molecule has 0 spiro atoms. The second-order valence-corrected chi connectivity index (χ2v) is 4.94. The van der Waals surface area contributed by atoms with Crippen LogP contribution in [0.2, 0.25) is 0 Å². The van der Waals surface area contributed by atoms with Crippen LogP contribution in [0.15, 0.2) is 18.2 Å². The van der Waals surface area contributed by atoms with E-state index in [-0.39, 0.29) is 23.3 Å². The summed E-state index contributed by atoms with van der Waals surface area (Å²) in [5.41, 5.74) is 0.587. The van der Waals surface area contributed by atoms with Gasteiger partial charge in [-0.05, 0) is 31.4 Å². The molecule has 6 heteroatoms. The van der Waals surface area contributed by atoms with E-state index in [0.717, 1.165) is 19.4 Å². The summed E-state index contributed by atoms with van der Waals surface area (Å²) in [6.07, 6.45) is 3.33. The molecule has 6 nitrogen and oxygen atoms in total. The van der Waals surface area contributed by atoms with E-state index in [0.29, 0.717) is 18.5 Å². The van der Waals surface area contributed by atoms with Crippen molar-refractivity contribution in [2.45, 2.75) is 31.8 Å². The minimum absolute atomic E-state index is 0.0647. The summed E-state index contributed by atoms with van der Waals surface area (Å²) in [5.74, 6) is -0.960. The summed E-state index contributed by atoms with van der Waals surface area (Å²) in [6, 6.07) is 4.47. The van der Waals surface area contributed by atoms with Crippen LogP contribution in [-0.4, -0.2) is 36.8 Å². The van der Waals surface area contributed by atoms with E-state index in [2.05, 4.69) is 5.32 Å². The molecule has 0 bridgehead atoms. The third kappa shape index (κ3) is 4.19. The lowest BCUT2D eigenvalue weighted by Crippen LogP contribution is -2.15. The van der Waals surface area contributed by atoms with E-state index in [1.54, 1.807) is 6.07 Å². The summed E-state index contributed by atoms with van der Waals surface area (Å²) < 4.78 is 10.5. The highest BCUT2D eigenvalue weighted by Crippen LogP contribution is 2.23. The molecule has 1 aliphatic rings. The Morgan fingerprint density at radius 2 is 2.29 bits per heavy atom. The van der Waals surface area contributed by atoms with Crippen molar-refractivity contribution in [2.75, 3.05) is 19.0 Å². The van der Waals surface area contributed by atoms with Crippen molar-refractivity contribution in [2.24, 2.45) is 0 Å². The smallest absolute Gasteiger partial charge is 0.339 e. The molecule has 1 heterocycles. The Morgan fingerprint density at radius 1 is 1.48 bits per heavy atom. The van der Waals surface area contributed by atoms with Crippen LogP contribution in [-0.2, 0) is 9.53 Å². The monoisotopic (exact) mass is 293 g/mol. The maximum atomic E-state index is 11.9. The zero-order valence-corrected chi connectivity index (χ0v) is 11.9. The first kappa shape index (κ1) is 15.3. The quantitative estimate of drug-likeness (QED) is 0.840. The SMILES string of the molecule is COc1cc(NC(=O)CCC2CCCO2)ccc1C(=O)O. The predicted molar refractivity (Wildman–Crippen MR) is 76.8 cm³/mol. The zero-order chi connectivity index (χ0) is 15.2. The van der Waals surface area contributed by atoms with Crippen LogP contribution in [0.5, 0.6) is 5.75 Å². The fourth-order valence-corrected chi connectivity index (χ4v) is 2.33. The number of carboxylic acid groups (broad SMARTS) is 1. The van der Waals surface area contributed by atoms with Gasteiger partial charge in [0.25, 0.3) is 0 Å². The molecule has 2 N–H and O–H groups in total. The van der Waals surface area contributed by atoms with E-state index in [1.807, 2.05) is 0 Å². The van der Waals surface area contributed by atoms with Gasteiger partial charge in [0.15, 0.2) is 0 Å². The molecule has 1 atom stereocenters. The number of carbonyl (C=O) groups excluding carboxylic acids is 1. The molecule has 1 unspecified atom stereocenters. The Morgan fingerprint density at radius 3 is 2.90 bits per heavy atom. The standard InChI is InChI=1S/C15H19NO5/c1-20-13-9-10(4-6-12(13)15(18)19)16-14(17)7-5-11-3-2-8-21-11/h4,6,9,11H,2-3,5,7-8H2,1H3,(H,16,17)(H,18,19). The van der Waals surface area contributed by atoms with Crippen LogP contribution in [0.25, 0.3) is 0 Å². The number of carboxylic acids is 1. The van der Waals surface area contributed by atoms with Gasteiger partial charge >= 0.3 is 5.97 Å². The Balaban J connectivity index is 1.92. The van der Waals surface area contributed by atoms with Gasteiger partial charge in [0.2, 0.25) is 5.91 Å². The molecular weight excluding hydrogens is 274 g/mol. The van der Waals surface area contributed by atoms with Gasteiger partial charge in [-0.2, -0.15) is 0 Å². The largest absolute Gasteiger partial charge is 0.496 e.